The summed E-state index contributed by atoms with van der Waals surface area (Å²) in [5.74, 6) is 0. The van der Waals surface area contributed by atoms with Crippen LogP contribution in [0.3, 0.4) is 0 Å². The first kappa shape index (κ1) is 15.4. The molecular weight excluding hydrogens is 308 g/mol. The second-order valence-electron chi connectivity index (χ2n) is 6.40. The quantitative estimate of drug-likeness (QED) is 0.495. The number of nitrogens with zero attached hydrogens (tertiary/aromatic N) is 2. The fraction of sp³-hybridized carbons (Fsp3) is 0.182. The highest BCUT2D eigenvalue weighted by atomic mass is 16.3. The molecule has 25 heavy (non-hydrogen) atoms. The first-order valence-corrected chi connectivity index (χ1v) is 8.48. The van der Waals surface area contributed by atoms with Crippen LogP contribution in [0, 0.1) is 18.3 Å². The van der Waals surface area contributed by atoms with E-state index in [-0.39, 0.29) is 0 Å². The molecule has 0 bridgehead atoms. The van der Waals surface area contributed by atoms with Crippen LogP contribution in [-0.4, -0.2) is 0 Å². The van der Waals surface area contributed by atoms with Crippen molar-refractivity contribution in [2.45, 2.75) is 20.3 Å². The SMILES string of the molecule is CCc1ccc2c(oc3cc(C)c(-c4cccc[n+]4C)cc32)c1C#N. The van der Waals surface area contributed by atoms with Gasteiger partial charge < -0.3 is 4.42 Å². The Morgan fingerprint density at radius 2 is 1.96 bits per heavy atom. The van der Waals surface area contributed by atoms with Gasteiger partial charge in [0.1, 0.15) is 18.7 Å². The molecule has 4 rings (SSSR count). The van der Waals surface area contributed by atoms with E-state index in [2.05, 4.69) is 48.7 Å². The van der Waals surface area contributed by atoms with Crippen LogP contribution in [0.5, 0.6) is 0 Å². The average Bonchev–Trinajstić information content (AvgIpc) is 2.98. The van der Waals surface area contributed by atoms with Crippen LogP contribution in [-0.2, 0) is 13.5 Å². The molecule has 4 aromatic rings. The normalized spacial score (nSPS) is 11.1. The Morgan fingerprint density at radius 3 is 2.68 bits per heavy atom. The summed E-state index contributed by atoms with van der Waals surface area (Å²) in [5, 5.41) is 11.6. The van der Waals surface area contributed by atoms with Gasteiger partial charge in [0.15, 0.2) is 11.8 Å². The number of benzene rings is 2. The number of hydrogen-bond acceptors (Lipinski definition) is 2. The van der Waals surface area contributed by atoms with Gasteiger partial charge >= 0.3 is 0 Å². The van der Waals surface area contributed by atoms with Crippen LogP contribution in [0.15, 0.2) is 53.1 Å². The minimum Gasteiger partial charge on any atom is -0.455 e. The minimum atomic E-state index is 0.653. The number of rotatable bonds is 2. The summed E-state index contributed by atoms with van der Waals surface area (Å²) in [4.78, 5) is 0. The Kier molecular flexibility index (Phi) is 3.54. The monoisotopic (exact) mass is 327 g/mol. The van der Waals surface area contributed by atoms with E-state index in [1.165, 1.54) is 5.56 Å². The maximum Gasteiger partial charge on any atom is 0.212 e. The summed E-state index contributed by atoms with van der Waals surface area (Å²) in [6.07, 6.45) is 2.87. The second kappa shape index (κ2) is 5.75. The van der Waals surface area contributed by atoms with Gasteiger partial charge in [0.2, 0.25) is 5.69 Å². The average molecular weight is 327 g/mol. The number of aromatic nitrogens is 1. The molecule has 0 unspecified atom stereocenters. The number of hydrogen-bond donors (Lipinski definition) is 0. The molecule has 0 N–H and O–H groups in total. The summed E-state index contributed by atoms with van der Waals surface area (Å²) in [6.45, 7) is 4.15. The van der Waals surface area contributed by atoms with Crippen molar-refractivity contribution >= 4 is 21.9 Å². The van der Waals surface area contributed by atoms with Gasteiger partial charge in [-0.2, -0.15) is 5.26 Å². The largest absolute Gasteiger partial charge is 0.455 e. The van der Waals surface area contributed by atoms with E-state index < -0.39 is 0 Å². The van der Waals surface area contributed by atoms with Crippen molar-refractivity contribution in [3.63, 3.8) is 0 Å². The van der Waals surface area contributed by atoms with E-state index in [0.29, 0.717) is 11.1 Å². The third-order valence-electron chi connectivity index (χ3n) is 4.90. The first-order chi connectivity index (χ1) is 12.1. The number of pyridine rings is 1. The fourth-order valence-electron chi connectivity index (χ4n) is 3.52. The molecule has 3 heteroatoms. The van der Waals surface area contributed by atoms with E-state index in [1.54, 1.807) is 0 Å². The molecule has 2 aromatic heterocycles. The van der Waals surface area contributed by atoms with Gasteiger partial charge in [-0.3, -0.25) is 0 Å². The zero-order chi connectivity index (χ0) is 17.6. The molecular formula is C22H19N2O+. The molecule has 0 amide bonds. The molecule has 0 atom stereocenters. The smallest absolute Gasteiger partial charge is 0.212 e. The van der Waals surface area contributed by atoms with Gasteiger partial charge in [0.25, 0.3) is 0 Å². The number of fused-ring (bicyclic) bond motifs is 3. The van der Waals surface area contributed by atoms with Crippen LogP contribution in [0.4, 0.5) is 0 Å². The molecule has 0 aliphatic carbocycles. The van der Waals surface area contributed by atoms with Crippen molar-refractivity contribution in [1.82, 2.24) is 0 Å². The van der Waals surface area contributed by atoms with Crippen LogP contribution >= 0.6 is 0 Å². The molecule has 0 fully saturated rings. The zero-order valence-electron chi connectivity index (χ0n) is 14.6. The van der Waals surface area contributed by atoms with E-state index in [0.717, 1.165) is 39.6 Å². The van der Waals surface area contributed by atoms with Crippen LogP contribution < -0.4 is 4.57 Å². The predicted molar refractivity (Wildman–Crippen MR) is 99.2 cm³/mol. The number of furan rings is 1. The Bertz CT molecular complexity index is 1160. The van der Waals surface area contributed by atoms with Crippen molar-refractivity contribution in [3.8, 4) is 17.3 Å². The van der Waals surface area contributed by atoms with Crippen molar-refractivity contribution in [3.05, 3.63) is 65.4 Å². The molecule has 2 heterocycles. The molecule has 0 aliphatic heterocycles. The lowest BCUT2D eigenvalue weighted by Gasteiger charge is -2.04. The molecule has 0 saturated carbocycles. The van der Waals surface area contributed by atoms with E-state index in [1.807, 2.05) is 31.4 Å². The molecule has 3 nitrogen and oxygen atoms in total. The van der Waals surface area contributed by atoms with E-state index in [9.17, 15) is 5.26 Å². The highest BCUT2D eigenvalue weighted by Gasteiger charge is 2.18. The van der Waals surface area contributed by atoms with Gasteiger partial charge in [-0.25, -0.2) is 4.57 Å². The molecule has 2 aromatic carbocycles. The second-order valence-corrected chi connectivity index (χ2v) is 6.40. The van der Waals surface area contributed by atoms with Gasteiger partial charge in [-0.1, -0.05) is 19.1 Å². The maximum absolute atomic E-state index is 9.58. The summed E-state index contributed by atoms with van der Waals surface area (Å²) in [5.41, 5.74) is 6.70. The van der Waals surface area contributed by atoms with E-state index >= 15 is 0 Å². The van der Waals surface area contributed by atoms with Crippen molar-refractivity contribution in [1.29, 1.82) is 5.26 Å². The van der Waals surface area contributed by atoms with E-state index in [4.69, 9.17) is 4.42 Å². The lowest BCUT2D eigenvalue weighted by molar-refractivity contribution is -0.660. The predicted octanol–water partition coefficient (Wildman–Crippen LogP) is 4.82. The summed E-state index contributed by atoms with van der Waals surface area (Å²) >= 11 is 0. The van der Waals surface area contributed by atoms with Crippen LogP contribution in [0.1, 0.15) is 23.6 Å². The highest BCUT2D eigenvalue weighted by Crippen LogP contribution is 2.36. The minimum absolute atomic E-state index is 0.653. The van der Waals surface area contributed by atoms with Crippen LogP contribution in [0.2, 0.25) is 0 Å². The Labute approximate surface area is 146 Å². The van der Waals surface area contributed by atoms with Gasteiger partial charge in [0, 0.05) is 28.5 Å². The molecule has 0 saturated heterocycles. The van der Waals surface area contributed by atoms with Crippen LogP contribution in [0.25, 0.3) is 33.2 Å². The zero-order valence-corrected chi connectivity index (χ0v) is 14.6. The molecule has 0 radical (unpaired) electrons. The standard InChI is InChI=1S/C22H19N2O/c1-4-15-8-9-16-18-12-17(20-7-5-6-10-24(20)3)14(2)11-21(18)25-22(16)19(15)13-23/h5-12H,4H2,1-3H3/q+1. The maximum atomic E-state index is 9.58. The highest BCUT2D eigenvalue weighted by molar-refractivity contribution is 6.08. The number of nitriles is 1. The third-order valence-corrected chi connectivity index (χ3v) is 4.90. The number of aryl methyl sites for hydroxylation is 3. The van der Waals surface area contributed by atoms with Gasteiger partial charge in [-0.15, -0.1) is 0 Å². The van der Waals surface area contributed by atoms with Gasteiger partial charge in [0.05, 0.1) is 5.56 Å². The summed E-state index contributed by atoms with van der Waals surface area (Å²) in [7, 11) is 2.05. The van der Waals surface area contributed by atoms with Gasteiger partial charge in [-0.05, 0) is 42.7 Å². The van der Waals surface area contributed by atoms with Crippen molar-refractivity contribution in [2.24, 2.45) is 7.05 Å². The first-order valence-electron chi connectivity index (χ1n) is 8.48. The summed E-state index contributed by atoms with van der Waals surface area (Å²) in [6, 6.07) is 16.9. The third kappa shape index (κ3) is 2.30. The van der Waals surface area contributed by atoms with Crippen molar-refractivity contribution in [2.75, 3.05) is 0 Å². The molecule has 0 aliphatic rings. The lowest BCUT2D eigenvalue weighted by Crippen LogP contribution is -2.30. The lowest BCUT2D eigenvalue weighted by atomic mass is 9.99. The summed E-state index contributed by atoms with van der Waals surface area (Å²) < 4.78 is 8.21. The topological polar surface area (TPSA) is 40.8 Å². The Morgan fingerprint density at radius 1 is 1.12 bits per heavy atom. The fourth-order valence-corrected chi connectivity index (χ4v) is 3.52. The Hall–Kier alpha value is -3.12. The molecule has 122 valence electrons. The van der Waals surface area contributed by atoms with Crippen molar-refractivity contribution < 1.29 is 8.98 Å². The molecule has 0 spiro atoms. The Balaban J connectivity index is 2.08.